The van der Waals surface area contributed by atoms with Crippen LogP contribution in [0.15, 0.2) is 23.1 Å². The Labute approximate surface area is 169 Å². The molecule has 0 spiro atoms. The number of amides is 1. The number of sulfonamides is 1. The summed E-state index contributed by atoms with van der Waals surface area (Å²) in [5.41, 5.74) is 1.65. The van der Waals surface area contributed by atoms with Crippen molar-refractivity contribution in [1.82, 2.24) is 19.0 Å². The summed E-state index contributed by atoms with van der Waals surface area (Å²) >= 11 is 0. The van der Waals surface area contributed by atoms with E-state index in [0.717, 1.165) is 0 Å². The maximum Gasteiger partial charge on any atom is 0.254 e. The molecule has 2 aliphatic rings. The van der Waals surface area contributed by atoms with Gasteiger partial charge < -0.3 is 14.4 Å². The zero-order chi connectivity index (χ0) is 20.8. The number of fused-ring (bicyclic) bond motifs is 1. The van der Waals surface area contributed by atoms with Crippen molar-refractivity contribution < 1.29 is 22.7 Å². The Bertz CT molecular complexity index is 1050. The smallest absolute Gasteiger partial charge is 0.254 e. The quantitative estimate of drug-likeness (QED) is 0.742. The van der Waals surface area contributed by atoms with E-state index in [1.807, 2.05) is 6.92 Å². The van der Waals surface area contributed by atoms with Gasteiger partial charge in [0.1, 0.15) is 4.90 Å². The van der Waals surface area contributed by atoms with E-state index in [4.69, 9.17) is 9.47 Å². The van der Waals surface area contributed by atoms with Gasteiger partial charge in [0.25, 0.3) is 5.91 Å². The molecule has 0 aliphatic carbocycles. The molecule has 1 aromatic carbocycles. The second kappa shape index (κ2) is 7.34. The largest absolute Gasteiger partial charge is 0.454 e. The molecule has 2 aromatic rings. The number of benzene rings is 1. The Morgan fingerprint density at radius 2 is 1.79 bits per heavy atom. The van der Waals surface area contributed by atoms with Crippen molar-refractivity contribution in [1.29, 1.82) is 0 Å². The number of carbonyl (C=O) groups excluding carboxylic acids is 1. The summed E-state index contributed by atoms with van der Waals surface area (Å²) in [5, 5.41) is 4.33. The van der Waals surface area contributed by atoms with Gasteiger partial charge in [-0.3, -0.25) is 9.48 Å². The van der Waals surface area contributed by atoms with E-state index in [2.05, 4.69) is 5.10 Å². The average Bonchev–Trinajstić information content (AvgIpc) is 3.30. The Morgan fingerprint density at radius 1 is 1.10 bits per heavy atom. The van der Waals surface area contributed by atoms with E-state index in [1.165, 1.54) is 4.31 Å². The molecule has 2 aliphatic heterocycles. The number of carbonyl (C=O) groups is 1. The normalized spacial score (nSPS) is 17.0. The summed E-state index contributed by atoms with van der Waals surface area (Å²) in [6.07, 6.45) is 0. The molecule has 0 bridgehead atoms. The molecule has 0 radical (unpaired) electrons. The fraction of sp³-hybridized carbons (Fsp3) is 0.474. The van der Waals surface area contributed by atoms with Crippen LogP contribution >= 0.6 is 0 Å². The summed E-state index contributed by atoms with van der Waals surface area (Å²) in [4.78, 5) is 14.8. The number of piperazine rings is 1. The first kappa shape index (κ1) is 19.7. The maximum absolute atomic E-state index is 13.2. The van der Waals surface area contributed by atoms with Gasteiger partial charge >= 0.3 is 0 Å². The number of nitrogens with zero attached hydrogens (tertiary/aromatic N) is 4. The maximum atomic E-state index is 13.2. The van der Waals surface area contributed by atoms with Gasteiger partial charge in [-0.2, -0.15) is 9.40 Å². The zero-order valence-corrected chi connectivity index (χ0v) is 17.5. The first-order valence-electron chi connectivity index (χ1n) is 9.56. The average molecular weight is 420 g/mol. The van der Waals surface area contributed by atoms with Gasteiger partial charge in [0.15, 0.2) is 11.5 Å². The molecule has 156 valence electrons. The second-order valence-electron chi connectivity index (χ2n) is 7.08. The first-order valence-corrected chi connectivity index (χ1v) is 11.0. The van der Waals surface area contributed by atoms with Gasteiger partial charge in [-0.25, -0.2) is 8.42 Å². The minimum Gasteiger partial charge on any atom is -0.454 e. The van der Waals surface area contributed by atoms with E-state index in [1.54, 1.807) is 41.6 Å². The molecule has 0 unspecified atom stereocenters. The van der Waals surface area contributed by atoms with Crippen LogP contribution in [0.5, 0.6) is 11.5 Å². The minimum absolute atomic E-state index is 0.147. The van der Waals surface area contributed by atoms with Gasteiger partial charge in [0.2, 0.25) is 16.8 Å². The summed E-state index contributed by atoms with van der Waals surface area (Å²) in [6, 6.07) is 5.08. The summed E-state index contributed by atoms with van der Waals surface area (Å²) < 4.78 is 40.1. The lowest BCUT2D eigenvalue weighted by Gasteiger charge is -2.34. The molecule has 1 saturated heterocycles. The molecule has 1 fully saturated rings. The second-order valence-corrected chi connectivity index (χ2v) is 8.95. The Morgan fingerprint density at radius 3 is 2.45 bits per heavy atom. The molecule has 0 saturated carbocycles. The van der Waals surface area contributed by atoms with Gasteiger partial charge in [-0.05, 0) is 39.0 Å². The van der Waals surface area contributed by atoms with Crippen LogP contribution in [0, 0.1) is 13.8 Å². The molecule has 0 atom stereocenters. The summed E-state index contributed by atoms with van der Waals surface area (Å²) in [5.74, 6) is 1.03. The lowest BCUT2D eigenvalue weighted by Crippen LogP contribution is -2.50. The number of aryl methyl sites for hydroxylation is 2. The van der Waals surface area contributed by atoms with E-state index >= 15 is 0 Å². The highest BCUT2D eigenvalue weighted by Gasteiger charge is 2.34. The van der Waals surface area contributed by atoms with Crippen LogP contribution in [0.4, 0.5) is 0 Å². The van der Waals surface area contributed by atoms with Crippen LogP contribution in [-0.4, -0.2) is 66.3 Å². The molecule has 29 heavy (non-hydrogen) atoms. The molecule has 4 rings (SSSR count). The van der Waals surface area contributed by atoms with E-state index < -0.39 is 10.0 Å². The van der Waals surface area contributed by atoms with Gasteiger partial charge in [-0.1, -0.05) is 0 Å². The molecular weight excluding hydrogens is 396 g/mol. The van der Waals surface area contributed by atoms with Crippen LogP contribution in [0.25, 0.3) is 0 Å². The number of rotatable bonds is 4. The number of hydrogen-bond acceptors (Lipinski definition) is 6. The molecule has 9 nitrogen and oxygen atoms in total. The van der Waals surface area contributed by atoms with Crippen LogP contribution in [-0.2, 0) is 16.6 Å². The lowest BCUT2D eigenvalue weighted by atomic mass is 10.1. The third-order valence-electron chi connectivity index (χ3n) is 5.36. The van der Waals surface area contributed by atoms with Crippen LogP contribution in [0.2, 0.25) is 0 Å². The van der Waals surface area contributed by atoms with Crippen LogP contribution in [0.3, 0.4) is 0 Å². The summed E-state index contributed by atoms with van der Waals surface area (Å²) in [6.45, 7) is 7.32. The molecule has 1 aromatic heterocycles. The van der Waals surface area contributed by atoms with Crippen molar-refractivity contribution in [3.8, 4) is 11.5 Å². The van der Waals surface area contributed by atoms with Gasteiger partial charge in [-0.15, -0.1) is 0 Å². The SMILES string of the molecule is CCn1nc(C)c(S(=O)(=O)N2CCN(C(=O)c3ccc4c(c3)OCO4)CC2)c1C. The first-order chi connectivity index (χ1) is 13.8. The minimum atomic E-state index is -3.66. The van der Waals surface area contributed by atoms with Gasteiger partial charge in [0.05, 0.1) is 11.4 Å². The Hall–Kier alpha value is -2.59. The number of hydrogen-bond donors (Lipinski definition) is 0. The van der Waals surface area contributed by atoms with Crippen molar-refractivity contribution >= 4 is 15.9 Å². The topological polar surface area (TPSA) is 94.0 Å². The molecule has 0 N–H and O–H groups in total. The van der Waals surface area contributed by atoms with Crippen molar-refractivity contribution in [3.05, 3.63) is 35.2 Å². The Kier molecular flexibility index (Phi) is 4.99. The van der Waals surface area contributed by atoms with E-state index in [-0.39, 0.29) is 30.7 Å². The molecule has 3 heterocycles. The van der Waals surface area contributed by atoms with E-state index in [0.29, 0.717) is 48.1 Å². The lowest BCUT2D eigenvalue weighted by molar-refractivity contribution is 0.0697. The fourth-order valence-corrected chi connectivity index (χ4v) is 5.63. The highest BCUT2D eigenvalue weighted by atomic mass is 32.2. The van der Waals surface area contributed by atoms with Crippen molar-refractivity contribution in [3.63, 3.8) is 0 Å². The molecule has 10 heteroatoms. The zero-order valence-electron chi connectivity index (χ0n) is 16.7. The predicted molar refractivity (Wildman–Crippen MR) is 105 cm³/mol. The number of ether oxygens (including phenoxy) is 2. The predicted octanol–water partition coefficient (Wildman–Crippen LogP) is 1.40. The molecular formula is C19H24N4O5S. The third kappa shape index (κ3) is 3.36. The van der Waals surface area contributed by atoms with E-state index in [9.17, 15) is 13.2 Å². The fourth-order valence-electron chi connectivity index (χ4n) is 3.83. The highest BCUT2D eigenvalue weighted by Crippen LogP contribution is 2.33. The Balaban J connectivity index is 1.48. The standard InChI is InChI=1S/C19H24N4O5S/c1-4-23-14(3)18(13(2)20-23)29(25,26)22-9-7-21(8-10-22)19(24)15-5-6-16-17(11-15)28-12-27-16/h5-6,11H,4,7-10,12H2,1-3H3. The van der Waals surface area contributed by atoms with Gasteiger partial charge in [0, 0.05) is 38.3 Å². The van der Waals surface area contributed by atoms with Crippen LogP contribution in [0.1, 0.15) is 28.7 Å². The third-order valence-corrected chi connectivity index (χ3v) is 7.51. The monoisotopic (exact) mass is 420 g/mol. The van der Waals surface area contributed by atoms with Crippen molar-refractivity contribution in [2.24, 2.45) is 0 Å². The van der Waals surface area contributed by atoms with Crippen LogP contribution < -0.4 is 9.47 Å². The van der Waals surface area contributed by atoms with Crippen molar-refractivity contribution in [2.75, 3.05) is 33.0 Å². The van der Waals surface area contributed by atoms with Crippen molar-refractivity contribution in [2.45, 2.75) is 32.2 Å². The summed E-state index contributed by atoms with van der Waals surface area (Å²) in [7, 11) is -3.66. The highest BCUT2D eigenvalue weighted by molar-refractivity contribution is 7.89. The molecule has 1 amide bonds. The number of aromatic nitrogens is 2.